The summed E-state index contributed by atoms with van der Waals surface area (Å²) in [5.74, 6) is 1.06. The van der Waals surface area contributed by atoms with Crippen molar-refractivity contribution in [2.75, 3.05) is 18.8 Å². The Bertz CT molecular complexity index is 333. The minimum Gasteiger partial charge on any atom is -0.316 e. The van der Waals surface area contributed by atoms with Crippen LogP contribution in [-0.2, 0) is 9.84 Å². The van der Waals surface area contributed by atoms with Gasteiger partial charge in [0.15, 0.2) is 9.84 Å². The van der Waals surface area contributed by atoms with Crippen molar-refractivity contribution in [2.45, 2.75) is 52.2 Å². The lowest BCUT2D eigenvalue weighted by molar-refractivity contribution is 0.250. The van der Waals surface area contributed by atoms with Crippen LogP contribution in [0, 0.1) is 11.3 Å². The molecular weight excluding hydrogens is 234 g/mol. The largest absolute Gasteiger partial charge is 0.316 e. The van der Waals surface area contributed by atoms with Crippen molar-refractivity contribution in [3.8, 4) is 0 Å². The van der Waals surface area contributed by atoms with Gasteiger partial charge < -0.3 is 5.32 Å². The minimum atomic E-state index is -2.89. The van der Waals surface area contributed by atoms with Gasteiger partial charge in [-0.3, -0.25) is 0 Å². The highest BCUT2D eigenvalue weighted by Crippen LogP contribution is 2.47. The Labute approximate surface area is 106 Å². The lowest BCUT2D eigenvalue weighted by atomic mass is 9.82. The van der Waals surface area contributed by atoms with Crippen LogP contribution in [0.1, 0.15) is 47.0 Å². The Hall–Kier alpha value is -0.0900. The van der Waals surface area contributed by atoms with E-state index in [1.807, 2.05) is 0 Å². The molecule has 1 fully saturated rings. The molecule has 3 nitrogen and oxygen atoms in total. The third-order valence-electron chi connectivity index (χ3n) is 4.02. The highest BCUT2D eigenvalue weighted by Gasteiger charge is 2.41. The zero-order valence-electron chi connectivity index (χ0n) is 11.6. The second-order valence-corrected chi connectivity index (χ2v) is 8.55. The molecule has 4 heteroatoms. The third-order valence-corrected chi connectivity index (χ3v) is 6.23. The summed E-state index contributed by atoms with van der Waals surface area (Å²) in [6.45, 7) is 9.78. The molecule has 102 valence electrons. The van der Waals surface area contributed by atoms with Crippen molar-refractivity contribution in [1.82, 2.24) is 5.32 Å². The third kappa shape index (κ3) is 4.25. The molecule has 0 aromatic heterocycles. The first kappa shape index (κ1) is 15.0. The molecule has 1 N–H and O–H groups in total. The molecule has 0 spiro atoms. The van der Waals surface area contributed by atoms with Crippen LogP contribution in [-0.4, -0.2) is 32.5 Å². The Morgan fingerprint density at radius 1 is 1.35 bits per heavy atom. The molecule has 0 saturated heterocycles. The summed E-state index contributed by atoms with van der Waals surface area (Å²) in [6, 6.07) is 0. The lowest BCUT2D eigenvalue weighted by Crippen LogP contribution is -2.36. The second-order valence-electron chi connectivity index (χ2n) is 5.87. The monoisotopic (exact) mass is 261 g/mol. The van der Waals surface area contributed by atoms with Crippen LogP contribution in [0.5, 0.6) is 0 Å². The Morgan fingerprint density at radius 2 is 1.94 bits per heavy atom. The van der Waals surface area contributed by atoms with Crippen LogP contribution >= 0.6 is 0 Å². The number of hydrogen-bond donors (Lipinski definition) is 1. The van der Waals surface area contributed by atoms with Crippen LogP contribution in [0.4, 0.5) is 0 Å². The second kappa shape index (κ2) is 5.70. The van der Waals surface area contributed by atoms with Crippen molar-refractivity contribution >= 4 is 9.84 Å². The molecule has 1 aliphatic carbocycles. The SMILES string of the molecule is CCNCC(C)(CCS(=O)(=O)C(C)C)C1CC1. The van der Waals surface area contributed by atoms with Crippen LogP contribution in [0.2, 0.25) is 0 Å². The molecule has 0 heterocycles. The van der Waals surface area contributed by atoms with Crippen LogP contribution in [0.25, 0.3) is 0 Å². The topological polar surface area (TPSA) is 46.2 Å². The van der Waals surface area contributed by atoms with Crippen molar-refractivity contribution < 1.29 is 8.42 Å². The molecular formula is C13H27NO2S. The van der Waals surface area contributed by atoms with E-state index in [9.17, 15) is 8.42 Å². The van der Waals surface area contributed by atoms with Crippen LogP contribution in [0.3, 0.4) is 0 Å². The molecule has 1 atom stereocenters. The number of rotatable bonds is 8. The van der Waals surface area contributed by atoms with E-state index in [4.69, 9.17) is 0 Å². The van der Waals surface area contributed by atoms with Gasteiger partial charge in [0.1, 0.15) is 0 Å². The Balaban J connectivity index is 2.56. The molecule has 1 rings (SSSR count). The molecule has 0 aromatic rings. The summed E-state index contributed by atoms with van der Waals surface area (Å²) >= 11 is 0. The van der Waals surface area contributed by atoms with E-state index in [0.29, 0.717) is 5.75 Å². The van der Waals surface area contributed by atoms with Gasteiger partial charge in [0.05, 0.1) is 11.0 Å². The van der Waals surface area contributed by atoms with Gasteiger partial charge in [0, 0.05) is 6.54 Å². The van der Waals surface area contributed by atoms with E-state index < -0.39 is 9.84 Å². The predicted molar refractivity (Wildman–Crippen MR) is 72.9 cm³/mol. The number of sulfone groups is 1. The van der Waals surface area contributed by atoms with Crippen molar-refractivity contribution in [3.05, 3.63) is 0 Å². The quantitative estimate of drug-likeness (QED) is 0.729. The number of nitrogens with one attached hydrogen (secondary N) is 1. The van der Waals surface area contributed by atoms with Crippen LogP contribution in [0.15, 0.2) is 0 Å². The normalized spacial score (nSPS) is 20.5. The van der Waals surface area contributed by atoms with Crippen molar-refractivity contribution in [1.29, 1.82) is 0 Å². The fourth-order valence-corrected chi connectivity index (χ4v) is 3.46. The summed E-state index contributed by atoms with van der Waals surface area (Å²) in [5, 5.41) is 3.14. The highest BCUT2D eigenvalue weighted by molar-refractivity contribution is 7.91. The summed E-state index contributed by atoms with van der Waals surface area (Å²) < 4.78 is 23.7. The summed E-state index contributed by atoms with van der Waals surface area (Å²) in [6.07, 6.45) is 3.33. The van der Waals surface area contributed by atoms with Gasteiger partial charge in [0.25, 0.3) is 0 Å². The minimum absolute atomic E-state index is 0.165. The first-order valence-electron chi connectivity index (χ1n) is 6.74. The maximum absolute atomic E-state index is 11.9. The van der Waals surface area contributed by atoms with Gasteiger partial charge in [-0.15, -0.1) is 0 Å². The van der Waals surface area contributed by atoms with Crippen LogP contribution < -0.4 is 5.32 Å². The maximum Gasteiger partial charge on any atom is 0.152 e. The Kier molecular flexibility index (Phi) is 5.02. The number of hydrogen-bond acceptors (Lipinski definition) is 3. The summed E-state index contributed by atoms with van der Waals surface area (Å²) in [4.78, 5) is 0. The molecule has 0 bridgehead atoms. The van der Waals surface area contributed by atoms with E-state index in [1.165, 1.54) is 12.8 Å². The summed E-state index contributed by atoms with van der Waals surface area (Å²) in [7, 11) is -2.89. The average Bonchev–Trinajstić information content (AvgIpc) is 3.07. The molecule has 1 aliphatic rings. The first-order valence-corrected chi connectivity index (χ1v) is 8.45. The first-order chi connectivity index (χ1) is 7.82. The van der Waals surface area contributed by atoms with E-state index in [0.717, 1.165) is 25.4 Å². The lowest BCUT2D eigenvalue weighted by Gasteiger charge is -2.30. The average molecular weight is 261 g/mol. The molecule has 17 heavy (non-hydrogen) atoms. The molecule has 0 amide bonds. The summed E-state index contributed by atoms with van der Waals surface area (Å²) in [5.41, 5.74) is 0.165. The fourth-order valence-electron chi connectivity index (χ4n) is 2.24. The van der Waals surface area contributed by atoms with E-state index in [-0.39, 0.29) is 10.7 Å². The van der Waals surface area contributed by atoms with Gasteiger partial charge in [-0.25, -0.2) is 8.42 Å². The van der Waals surface area contributed by atoms with Gasteiger partial charge >= 0.3 is 0 Å². The molecule has 0 radical (unpaired) electrons. The van der Waals surface area contributed by atoms with Crippen molar-refractivity contribution in [2.24, 2.45) is 11.3 Å². The van der Waals surface area contributed by atoms with E-state index in [1.54, 1.807) is 13.8 Å². The Morgan fingerprint density at radius 3 is 2.35 bits per heavy atom. The standard InChI is InChI=1S/C13H27NO2S/c1-5-14-10-13(4,12-6-7-12)8-9-17(15,16)11(2)3/h11-12,14H,5-10H2,1-4H3. The zero-order chi connectivity index (χ0) is 13.1. The van der Waals surface area contributed by atoms with Gasteiger partial charge in [-0.05, 0) is 51.0 Å². The zero-order valence-corrected chi connectivity index (χ0v) is 12.4. The molecule has 1 saturated carbocycles. The van der Waals surface area contributed by atoms with E-state index >= 15 is 0 Å². The van der Waals surface area contributed by atoms with Gasteiger partial charge in [0.2, 0.25) is 0 Å². The molecule has 0 aliphatic heterocycles. The van der Waals surface area contributed by atoms with Gasteiger partial charge in [-0.1, -0.05) is 13.8 Å². The highest BCUT2D eigenvalue weighted by atomic mass is 32.2. The van der Waals surface area contributed by atoms with Gasteiger partial charge in [-0.2, -0.15) is 0 Å². The predicted octanol–water partition coefficient (Wildman–Crippen LogP) is 2.23. The smallest absolute Gasteiger partial charge is 0.152 e. The molecule has 1 unspecified atom stereocenters. The van der Waals surface area contributed by atoms with E-state index in [2.05, 4.69) is 19.2 Å². The fraction of sp³-hybridized carbons (Fsp3) is 1.00. The maximum atomic E-state index is 11.9. The van der Waals surface area contributed by atoms with Crippen molar-refractivity contribution in [3.63, 3.8) is 0 Å². The molecule has 0 aromatic carbocycles.